The summed E-state index contributed by atoms with van der Waals surface area (Å²) in [5, 5.41) is 13.9. The third kappa shape index (κ3) is 2.85. The van der Waals surface area contributed by atoms with Gasteiger partial charge in [-0.3, -0.25) is 10.1 Å². The lowest BCUT2D eigenvalue weighted by atomic mass is 9.70. The highest BCUT2D eigenvalue weighted by Crippen LogP contribution is 2.40. The highest BCUT2D eigenvalue weighted by Gasteiger charge is 2.31. The van der Waals surface area contributed by atoms with Crippen molar-refractivity contribution in [2.45, 2.75) is 26.2 Å². The molecule has 1 aliphatic rings. The molecular formula is C11H14ClN3O2. The summed E-state index contributed by atoms with van der Waals surface area (Å²) in [6, 6.07) is 2.66. The Hall–Kier alpha value is -1.36. The number of aromatic nitrogens is 1. The second-order valence-electron chi connectivity index (χ2n) is 4.81. The smallest absolute Gasteiger partial charge is 0.276 e. The van der Waals surface area contributed by atoms with Crippen molar-refractivity contribution >= 4 is 23.1 Å². The summed E-state index contributed by atoms with van der Waals surface area (Å²) in [6.07, 6.45) is 3.62. The van der Waals surface area contributed by atoms with Gasteiger partial charge >= 0.3 is 0 Å². The summed E-state index contributed by atoms with van der Waals surface area (Å²) in [6.45, 7) is 2.97. The molecule has 92 valence electrons. The molecule has 0 amide bonds. The van der Waals surface area contributed by atoms with Crippen LogP contribution in [0.5, 0.6) is 0 Å². The van der Waals surface area contributed by atoms with Crippen LogP contribution in [0.1, 0.15) is 26.2 Å². The van der Waals surface area contributed by atoms with Gasteiger partial charge in [-0.25, -0.2) is 4.98 Å². The van der Waals surface area contributed by atoms with Crippen LogP contribution in [-0.2, 0) is 0 Å². The third-order valence-corrected chi connectivity index (χ3v) is 3.44. The fourth-order valence-electron chi connectivity index (χ4n) is 1.94. The molecule has 0 aromatic carbocycles. The van der Waals surface area contributed by atoms with Gasteiger partial charge in [0, 0.05) is 6.54 Å². The van der Waals surface area contributed by atoms with Crippen LogP contribution in [0.4, 0.5) is 11.5 Å². The van der Waals surface area contributed by atoms with Gasteiger partial charge in [0.15, 0.2) is 0 Å². The van der Waals surface area contributed by atoms with Gasteiger partial charge in [-0.05, 0) is 18.3 Å². The Morgan fingerprint density at radius 3 is 2.82 bits per heavy atom. The molecule has 1 heterocycles. The monoisotopic (exact) mass is 255 g/mol. The molecule has 6 heteroatoms. The normalized spacial score (nSPS) is 17.3. The van der Waals surface area contributed by atoms with E-state index < -0.39 is 4.92 Å². The molecule has 1 N–H and O–H groups in total. The third-order valence-electron chi connectivity index (χ3n) is 3.25. The average Bonchev–Trinajstić information content (AvgIpc) is 2.23. The van der Waals surface area contributed by atoms with Crippen molar-refractivity contribution in [3.63, 3.8) is 0 Å². The molecule has 0 spiro atoms. The minimum atomic E-state index is -0.468. The van der Waals surface area contributed by atoms with E-state index in [0.717, 1.165) is 6.54 Å². The van der Waals surface area contributed by atoms with Crippen LogP contribution in [0.25, 0.3) is 0 Å². The first kappa shape index (κ1) is 12.1. The van der Waals surface area contributed by atoms with E-state index in [1.165, 1.54) is 31.4 Å². The van der Waals surface area contributed by atoms with Crippen LogP contribution in [0.2, 0.25) is 5.15 Å². The zero-order valence-electron chi connectivity index (χ0n) is 9.57. The number of nitro groups is 1. The number of nitrogens with zero attached hydrogens (tertiary/aromatic N) is 2. The first-order chi connectivity index (χ1) is 7.98. The molecule has 1 fully saturated rings. The maximum absolute atomic E-state index is 10.7. The summed E-state index contributed by atoms with van der Waals surface area (Å²) in [5.74, 6) is 0.470. The average molecular weight is 256 g/mol. The fourth-order valence-corrected chi connectivity index (χ4v) is 2.14. The van der Waals surface area contributed by atoms with E-state index in [1.54, 1.807) is 0 Å². The van der Waals surface area contributed by atoms with Crippen LogP contribution >= 0.6 is 11.6 Å². The molecule has 0 saturated heterocycles. The lowest BCUT2D eigenvalue weighted by Gasteiger charge is -2.38. The fraction of sp³-hybridized carbons (Fsp3) is 0.545. The van der Waals surface area contributed by atoms with Crippen molar-refractivity contribution in [3.05, 3.63) is 27.4 Å². The molecule has 0 aliphatic heterocycles. The highest BCUT2D eigenvalue weighted by atomic mass is 35.5. The molecule has 1 saturated carbocycles. The Morgan fingerprint density at radius 1 is 1.59 bits per heavy atom. The number of hydrogen-bond donors (Lipinski definition) is 1. The van der Waals surface area contributed by atoms with E-state index in [1.807, 2.05) is 0 Å². The Balaban J connectivity index is 2.07. The van der Waals surface area contributed by atoms with Crippen molar-refractivity contribution in [3.8, 4) is 0 Å². The van der Waals surface area contributed by atoms with Crippen molar-refractivity contribution in [2.75, 3.05) is 11.9 Å². The van der Waals surface area contributed by atoms with Crippen LogP contribution in [-0.4, -0.2) is 16.5 Å². The second-order valence-corrected chi connectivity index (χ2v) is 5.20. The summed E-state index contributed by atoms with van der Waals surface area (Å²) in [5.41, 5.74) is 0.255. The molecule has 1 aromatic rings. The van der Waals surface area contributed by atoms with E-state index in [4.69, 9.17) is 11.6 Å². The second kappa shape index (κ2) is 4.49. The van der Waals surface area contributed by atoms with Gasteiger partial charge in [-0.2, -0.15) is 0 Å². The number of nitrogens with one attached hydrogen (secondary N) is 1. The van der Waals surface area contributed by atoms with Gasteiger partial charge in [-0.15, -0.1) is 0 Å². The molecular weight excluding hydrogens is 242 g/mol. The SMILES string of the molecule is CC1(CNc2cc([N+](=O)[O-])cc(Cl)n2)CCC1. The Labute approximate surface area is 104 Å². The van der Waals surface area contributed by atoms with Crippen molar-refractivity contribution in [1.29, 1.82) is 0 Å². The molecule has 0 bridgehead atoms. The van der Waals surface area contributed by atoms with Gasteiger partial charge in [0.05, 0.1) is 17.1 Å². The van der Waals surface area contributed by atoms with Crippen LogP contribution < -0.4 is 5.32 Å². The largest absolute Gasteiger partial charge is 0.369 e. The van der Waals surface area contributed by atoms with E-state index >= 15 is 0 Å². The van der Waals surface area contributed by atoms with Gasteiger partial charge in [0.25, 0.3) is 5.69 Å². The Kier molecular flexibility index (Phi) is 3.19. The zero-order valence-corrected chi connectivity index (χ0v) is 10.3. The molecule has 5 nitrogen and oxygen atoms in total. The quantitative estimate of drug-likeness (QED) is 0.509. The Morgan fingerprint density at radius 2 is 2.29 bits per heavy atom. The molecule has 0 radical (unpaired) electrons. The minimum absolute atomic E-state index is 0.0359. The van der Waals surface area contributed by atoms with Gasteiger partial charge in [0.2, 0.25) is 0 Å². The molecule has 17 heavy (non-hydrogen) atoms. The summed E-state index contributed by atoms with van der Waals surface area (Å²) < 4.78 is 0. The number of rotatable bonds is 4. The Bertz CT molecular complexity index is 446. The van der Waals surface area contributed by atoms with Gasteiger partial charge in [-0.1, -0.05) is 24.9 Å². The number of anilines is 1. The summed E-state index contributed by atoms with van der Waals surface area (Å²) in [4.78, 5) is 14.2. The van der Waals surface area contributed by atoms with Gasteiger partial charge < -0.3 is 5.32 Å². The maximum Gasteiger partial charge on any atom is 0.276 e. The molecule has 0 unspecified atom stereocenters. The topological polar surface area (TPSA) is 68.1 Å². The number of hydrogen-bond acceptors (Lipinski definition) is 4. The standard InChI is InChI=1S/C11H14ClN3O2/c1-11(3-2-4-11)7-13-10-6-8(15(16)17)5-9(12)14-10/h5-6H,2-4,7H2,1H3,(H,13,14). The molecule has 2 rings (SSSR count). The molecule has 0 atom stereocenters. The van der Waals surface area contributed by atoms with E-state index in [2.05, 4.69) is 17.2 Å². The lowest BCUT2D eigenvalue weighted by molar-refractivity contribution is -0.384. The number of pyridine rings is 1. The summed E-state index contributed by atoms with van der Waals surface area (Å²) in [7, 11) is 0. The predicted molar refractivity (Wildman–Crippen MR) is 66.3 cm³/mol. The lowest BCUT2D eigenvalue weighted by Crippen LogP contribution is -2.33. The highest BCUT2D eigenvalue weighted by molar-refractivity contribution is 6.29. The van der Waals surface area contributed by atoms with Crippen LogP contribution in [0.3, 0.4) is 0 Å². The first-order valence-electron chi connectivity index (χ1n) is 5.54. The van der Waals surface area contributed by atoms with E-state index in [0.29, 0.717) is 11.2 Å². The van der Waals surface area contributed by atoms with E-state index in [9.17, 15) is 10.1 Å². The maximum atomic E-state index is 10.7. The molecule has 1 aliphatic carbocycles. The summed E-state index contributed by atoms with van der Waals surface area (Å²) >= 11 is 5.74. The van der Waals surface area contributed by atoms with Crippen LogP contribution in [0, 0.1) is 15.5 Å². The van der Waals surface area contributed by atoms with Crippen molar-refractivity contribution < 1.29 is 4.92 Å². The first-order valence-corrected chi connectivity index (χ1v) is 5.92. The van der Waals surface area contributed by atoms with Crippen LogP contribution in [0.15, 0.2) is 12.1 Å². The van der Waals surface area contributed by atoms with Gasteiger partial charge in [0.1, 0.15) is 11.0 Å². The minimum Gasteiger partial charge on any atom is -0.369 e. The molecule has 1 aromatic heterocycles. The van der Waals surface area contributed by atoms with E-state index in [-0.39, 0.29) is 10.8 Å². The van der Waals surface area contributed by atoms with Crippen molar-refractivity contribution in [1.82, 2.24) is 4.98 Å². The predicted octanol–water partition coefficient (Wildman–Crippen LogP) is 3.25. The number of halogens is 1. The van der Waals surface area contributed by atoms with Crippen molar-refractivity contribution in [2.24, 2.45) is 5.41 Å². The zero-order chi connectivity index (χ0) is 12.5.